The number of ether oxygens (including phenoxy) is 1. The van der Waals surface area contributed by atoms with Crippen LogP contribution in [0.4, 0.5) is 24.1 Å². The first kappa shape index (κ1) is 22.0. The molecule has 168 valence electrons. The molecule has 2 aromatic rings. The number of amides is 1. The van der Waals surface area contributed by atoms with Crippen molar-refractivity contribution in [3.05, 3.63) is 35.0 Å². The number of anilines is 2. The summed E-state index contributed by atoms with van der Waals surface area (Å²) in [5, 5.41) is 5.47. The third-order valence-corrected chi connectivity index (χ3v) is 6.34. The lowest BCUT2D eigenvalue weighted by molar-refractivity contribution is -0.137. The molecule has 2 saturated heterocycles. The zero-order valence-electron chi connectivity index (χ0n) is 16.9. The van der Waals surface area contributed by atoms with Gasteiger partial charge in [-0.3, -0.25) is 9.69 Å². The number of pyridine rings is 1. The quantitative estimate of drug-likeness (QED) is 0.747. The minimum atomic E-state index is -4.39. The molecule has 4 heterocycles. The van der Waals surface area contributed by atoms with Crippen LogP contribution in [0.15, 0.2) is 23.7 Å². The normalized spacial score (nSPS) is 18.9. The second kappa shape index (κ2) is 9.49. The fraction of sp³-hybridized carbons (Fsp3) is 0.550. The highest BCUT2D eigenvalue weighted by molar-refractivity contribution is 7.13. The molecule has 0 radical (unpaired) electrons. The molecule has 2 aromatic heterocycles. The first-order valence-corrected chi connectivity index (χ1v) is 11.1. The van der Waals surface area contributed by atoms with E-state index in [1.165, 1.54) is 17.4 Å². The van der Waals surface area contributed by atoms with Crippen LogP contribution in [0.3, 0.4) is 0 Å². The monoisotopic (exact) mass is 455 g/mol. The summed E-state index contributed by atoms with van der Waals surface area (Å²) >= 11 is 1.42. The second-order valence-corrected chi connectivity index (χ2v) is 8.54. The predicted molar refractivity (Wildman–Crippen MR) is 111 cm³/mol. The maximum absolute atomic E-state index is 12.7. The second-order valence-electron chi connectivity index (χ2n) is 7.69. The third kappa shape index (κ3) is 5.72. The van der Waals surface area contributed by atoms with Crippen molar-refractivity contribution in [2.75, 3.05) is 49.6 Å². The molecule has 2 aliphatic rings. The number of nitrogens with one attached hydrogen (secondary N) is 1. The number of hydrogen-bond donors (Lipinski definition) is 1. The van der Waals surface area contributed by atoms with Gasteiger partial charge in [0, 0.05) is 50.2 Å². The van der Waals surface area contributed by atoms with Gasteiger partial charge in [0.1, 0.15) is 5.82 Å². The summed E-state index contributed by atoms with van der Waals surface area (Å²) in [6, 6.07) is 2.42. The van der Waals surface area contributed by atoms with Gasteiger partial charge in [0.15, 0.2) is 5.13 Å². The zero-order chi connectivity index (χ0) is 21.8. The standard InChI is InChI=1S/C20H24F3N5O2S/c21-20(22,23)15-1-2-17(24-11-15)28-5-3-14(4-6-28)18(29)26-19-25-16(13-31-19)12-27-7-9-30-10-8-27/h1-2,11,13-14H,3-10,12H2,(H,25,26,29). The number of thiazole rings is 1. The number of morpholine rings is 1. The molecule has 31 heavy (non-hydrogen) atoms. The maximum Gasteiger partial charge on any atom is 0.417 e. The van der Waals surface area contributed by atoms with Crippen molar-refractivity contribution >= 4 is 28.2 Å². The van der Waals surface area contributed by atoms with E-state index in [4.69, 9.17) is 4.74 Å². The number of hydrogen-bond acceptors (Lipinski definition) is 7. The van der Waals surface area contributed by atoms with Crippen LogP contribution in [0, 0.1) is 5.92 Å². The molecule has 2 aliphatic heterocycles. The average molecular weight is 456 g/mol. The van der Waals surface area contributed by atoms with E-state index in [0.29, 0.717) is 36.9 Å². The molecule has 0 atom stereocenters. The van der Waals surface area contributed by atoms with Crippen LogP contribution in [-0.4, -0.2) is 60.2 Å². The molecular weight excluding hydrogens is 431 g/mol. The minimum Gasteiger partial charge on any atom is -0.379 e. The van der Waals surface area contributed by atoms with Crippen LogP contribution in [-0.2, 0) is 22.3 Å². The van der Waals surface area contributed by atoms with E-state index in [9.17, 15) is 18.0 Å². The minimum absolute atomic E-state index is 0.0627. The van der Waals surface area contributed by atoms with Crippen LogP contribution in [0.1, 0.15) is 24.1 Å². The lowest BCUT2D eigenvalue weighted by Gasteiger charge is -2.32. The number of carbonyl (C=O) groups excluding carboxylic acids is 1. The number of nitrogens with zero attached hydrogens (tertiary/aromatic N) is 4. The summed E-state index contributed by atoms with van der Waals surface area (Å²) in [6.07, 6.45) is -2.32. The largest absolute Gasteiger partial charge is 0.417 e. The number of carbonyl (C=O) groups is 1. The lowest BCUT2D eigenvalue weighted by Crippen LogP contribution is -2.38. The molecule has 0 aromatic carbocycles. The van der Waals surface area contributed by atoms with Gasteiger partial charge in [0.25, 0.3) is 0 Å². The van der Waals surface area contributed by atoms with Gasteiger partial charge in [-0.15, -0.1) is 11.3 Å². The van der Waals surface area contributed by atoms with Crippen LogP contribution >= 0.6 is 11.3 Å². The van der Waals surface area contributed by atoms with Gasteiger partial charge in [-0.2, -0.15) is 13.2 Å². The molecule has 0 unspecified atom stereocenters. The van der Waals surface area contributed by atoms with Crippen molar-refractivity contribution in [3.63, 3.8) is 0 Å². The fourth-order valence-electron chi connectivity index (χ4n) is 3.74. The van der Waals surface area contributed by atoms with Gasteiger partial charge < -0.3 is 15.0 Å². The highest BCUT2D eigenvalue weighted by Gasteiger charge is 2.31. The Hall–Kier alpha value is -2.24. The molecule has 1 N–H and O–H groups in total. The molecule has 0 aliphatic carbocycles. The van der Waals surface area contributed by atoms with E-state index in [1.807, 2.05) is 10.3 Å². The highest BCUT2D eigenvalue weighted by Crippen LogP contribution is 2.30. The van der Waals surface area contributed by atoms with Crippen molar-refractivity contribution in [2.24, 2.45) is 5.92 Å². The smallest absolute Gasteiger partial charge is 0.379 e. The van der Waals surface area contributed by atoms with Gasteiger partial charge in [-0.1, -0.05) is 0 Å². The number of halogens is 3. The highest BCUT2D eigenvalue weighted by atomic mass is 32.1. The van der Waals surface area contributed by atoms with E-state index in [1.54, 1.807) is 0 Å². The molecule has 0 spiro atoms. The van der Waals surface area contributed by atoms with Gasteiger partial charge >= 0.3 is 6.18 Å². The van der Waals surface area contributed by atoms with Crippen molar-refractivity contribution in [2.45, 2.75) is 25.6 Å². The van der Waals surface area contributed by atoms with Crippen molar-refractivity contribution < 1.29 is 22.7 Å². The first-order valence-electron chi connectivity index (χ1n) is 10.2. The lowest BCUT2D eigenvalue weighted by atomic mass is 9.96. The van der Waals surface area contributed by atoms with E-state index in [2.05, 4.69) is 20.2 Å². The van der Waals surface area contributed by atoms with E-state index < -0.39 is 11.7 Å². The van der Waals surface area contributed by atoms with E-state index in [0.717, 1.165) is 50.8 Å². The SMILES string of the molecule is O=C(Nc1nc(CN2CCOCC2)cs1)C1CCN(c2ccc(C(F)(F)F)cn2)CC1. The third-order valence-electron chi connectivity index (χ3n) is 5.54. The summed E-state index contributed by atoms with van der Waals surface area (Å²) in [7, 11) is 0. The van der Waals surface area contributed by atoms with Gasteiger partial charge in [-0.25, -0.2) is 9.97 Å². The molecular formula is C20H24F3N5O2S. The Morgan fingerprint density at radius 1 is 1.19 bits per heavy atom. The van der Waals surface area contributed by atoms with Crippen molar-refractivity contribution in [1.29, 1.82) is 0 Å². The molecule has 0 bridgehead atoms. The van der Waals surface area contributed by atoms with Gasteiger partial charge in [0.2, 0.25) is 5.91 Å². The molecule has 11 heteroatoms. The Morgan fingerprint density at radius 3 is 2.58 bits per heavy atom. The summed E-state index contributed by atoms with van der Waals surface area (Å²) < 4.78 is 43.4. The summed E-state index contributed by atoms with van der Waals surface area (Å²) in [5.41, 5.74) is 0.173. The fourth-order valence-corrected chi connectivity index (χ4v) is 4.45. The van der Waals surface area contributed by atoms with Crippen LogP contribution in [0.5, 0.6) is 0 Å². The zero-order valence-corrected chi connectivity index (χ0v) is 17.7. The Morgan fingerprint density at radius 2 is 1.94 bits per heavy atom. The predicted octanol–water partition coefficient (Wildman–Crippen LogP) is 3.24. The van der Waals surface area contributed by atoms with Gasteiger partial charge in [0.05, 0.1) is 24.5 Å². The number of rotatable bonds is 5. The average Bonchev–Trinajstić information content (AvgIpc) is 3.20. The number of alkyl halides is 3. The Kier molecular flexibility index (Phi) is 6.73. The van der Waals surface area contributed by atoms with E-state index in [-0.39, 0.29) is 11.8 Å². The molecule has 7 nitrogen and oxygen atoms in total. The summed E-state index contributed by atoms with van der Waals surface area (Å²) in [5.74, 6) is 0.282. The molecule has 4 rings (SSSR count). The number of aromatic nitrogens is 2. The van der Waals surface area contributed by atoms with Crippen LogP contribution in [0.2, 0.25) is 0 Å². The molecule has 1 amide bonds. The molecule has 0 saturated carbocycles. The number of piperidine rings is 1. The van der Waals surface area contributed by atoms with Crippen molar-refractivity contribution in [3.8, 4) is 0 Å². The summed E-state index contributed by atoms with van der Waals surface area (Å²) in [4.78, 5) is 25.3. The van der Waals surface area contributed by atoms with Crippen molar-refractivity contribution in [1.82, 2.24) is 14.9 Å². The first-order chi connectivity index (χ1) is 14.9. The van der Waals surface area contributed by atoms with Crippen LogP contribution < -0.4 is 10.2 Å². The Labute approximate surface area is 182 Å². The topological polar surface area (TPSA) is 70.6 Å². The van der Waals surface area contributed by atoms with Gasteiger partial charge in [-0.05, 0) is 25.0 Å². The Bertz CT molecular complexity index is 876. The Balaban J connectivity index is 1.26. The summed E-state index contributed by atoms with van der Waals surface area (Å²) in [6.45, 7) is 5.10. The maximum atomic E-state index is 12.7. The van der Waals surface area contributed by atoms with E-state index >= 15 is 0 Å². The molecule has 2 fully saturated rings. The van der Waals surface area contributed by atoms with Crippen LogP contribution in [0.25, 0.3) is 0 Å².